The van der Waals surface area contributed by atoms with Gasteiger partial charge >= 0.3 is 0 Å². The summed E-state index contributed by atoms with van der Waals surface area (Å²) in [6, 6.07) is 0. The molecular weight excluding hydrogens is 392 g/mol. The lowest BCUT2D eigenvalue weighted by molar-refractivity contribution is -0.130. The first-order valence-electron chi connectivity index (χ1n) is 9.92. The van der Waals surface area contributed by atoms with Crippen molar-refractivity contribution in [3.8, 4) is 0 Å². The zero-order valence-corrected chi connectivity index (χ0v) is 16.4. The lowest BCUT2D eigenvalue weighted by Gasteiger charge is -2.38. The van der Waals surface area contributed by atoms with Crippen molar-refractivity contribution in [1.29, 1.82) is 0 Å². The van der Waals surface area contributed by atoms with E-state index in [1.54, 1.807) is 0 Å². The summed E-state index contributed by atoms with van der Waals surface area (Å²) in [7, 11) is 0. The van der Waals surface area contributed by atoms with Crippen LogP contribution in [0.4, 0.5) is 0 Å². The molecule has 8 atom stereocenters. The number of hydrogen-bond acceptors (Lipinski definition) is 6. The highest BCUT2D eigenvalue weighted by Gasteiger charge is 2.60. The van der Waals surface area contributed by atoms with Gasteiger partial charge in [-0.15, -0.1) is 0 Å². The summed E-state index contributed by atoms with van der Waals surface area (Å²) in [5, 5.41) is 0. The second kappa shape index (κ2) is 5.08. The van der Waals surface area contributed by atoms with Crippen LogP contribution < -0.4 is 0 Å². The molecule has 2 fully saturated rings. The van der Waals surface area contributed by atoms with Crippen molar-refractivity contribution in [1.82, 2.24) is 0 Å². The van der Waals surface area contributed by atoms with E-state index < -0.39 is 0 Å². The molecule has 0 N–H and O–H groups in total. The van der Waals surface area contributed by atoms with E-state index in [1.165, 1.54) is 0 Å². The van der Waals surface area contributed by atoms with Crippen molar-refractivity contribution < 1.29 is 19.2 Å². The van der Waals surface area contributed by atoms with Crippen LogP contribution in [0.15, 0.2) is 43.9 Å². The first-order valence-corrected chi connectivity index (χ1v) is 11.6. The molecule has 1 aliphatic heterocycles. The first-order chi connectivity index (χ1) is 13.5. The van der Waals surface area contributed by atoms with Crippen molar-refractivity contribution in [2.24, 2.45) is 47.3 Å². The van der Waals surface area contributed by atoms with Crippen LogP contribution >= 0.6 is 23.5 Å². The molecule has 0 saturated heterocycles. The predicted molar refractivity (Wildman–Crippen MR) is 105 cm³/mol. The van der Waals surface area contributed by atoms with Crippen LogP contribution in [0.2, 0.25) is 0 Å². The van der Waals surface area contributed by atoms with E-state index in [1.807, 2.05) is 0 Å². The highest BCUT2D eigenvalue weighted by atomic mass is 32.2. The van der Waals surface area contributed by atoms with Gasteiger partial charge in [-0.25, -0.2) is 0 Å². The molecule has 0 aromatic heterocycles. The Morgan fingerprint density at radius 1 is 0.500 bits per heavy atom. The SMILES string of the molecule is O=C1C2=C(SC3=C(S2)C(=O)C2C(C3=O)[C@@H]3C=C[C@H]2C3)C(=O)C2C1[C@@H]1C=C[C@H]2C1. The highest BCUT2D eigenvalue weighted by Crippen LogP contribution is 2.62. The van der Waals surface area contributed by atoms with E-state index in [9.17, 15) is 19.2 Å². The molecule has 140 valence electrons. The Hall–Kier alpha value is -1.66. The van der Waals surface area contributed by atoms with Crippen molar-refractivity contribution in [2.75, 3.05) is 0 Å². The average molecular weight is 409 g/mol. The monoisotopic (exact) mass is 408 g/mol. The maximum Gasteiger partial charge on any atom is 0.175 e. The number of carbonyl (C=O) groups is 4. The topological polar surface area (TPSA) is 68.3 Å². The van der Waals surface area contributed by atoms with Crippen LogP contribution in [0.5, 0.6) is 0 Å². The standard InChI is InChI=1S/C22H16O4S2/c23-15-11-7-1-2-8(5-7)12(11)16(24)20-19(15)27-21-17(25)13-9-3-4-10(6-9)14(13)18(26)22(21)28-20/h1-4,7-14H,5-6H2/t7-,8+,9+,10-,11?,12?,13?,14?. The molecule has 4 bridgehead atoms. The first kappa shape index (κ1) is 16.2. The van der Waals surface area contributed by atoms with Gasteiger partial charge < -0.3 is 0 Å². The number of carbonyl (C=O) groups excluding carboxylic acids is 4. The van der Waals surface area contributed by atoms with Gasteiger partial charge in [0.05, 0.1) is 19.6 Å². The van der Waals surface area contributed by atoms with E-state index >= 15 is 0 Å². The number of ketones is 4. The quantitative estimate of drug-likeness (QED) is 0.574. The smallest absolute Gasteiger partial charge is 0.175 e. The molecule has 7 rings (SSSR count). The molecular formula is C22H16O4S2. The maximum atomic E-state index is 13.3. The van der Waals surface area contributed by atoms with Crippen LogP contribution in [0.1, 0.15) is 12.8 Å². The molecule has 1 heterocycles. The summed E-state index contributed by atoms with van der Waals surface area (Å²) in [6.07, 6.45) is 10.1. The predicted octanol–water partition coefficient (Wildman–Crippen LogP) is 3.07. The normalized spacial score (nSPS) is 47.1. The number of rotatable bonds is 0. The van der Waals surface area contributed by atoms with Gasteiger partial charge in [0, 0.05) is 23.7 Å². The fraction of sp³-hybridized carbons (Fsp3) is 0.455. The Bertz CT molecular complexity index is 900. The molecule has 0 aromatic rings. The molecule has 0 amide bonds. The Labute approximate surface area is 169 Å². The Kier molecular flexibility index (Phi) is 2.94. The minimum atomic E-state index is -0.274. The zero-order valence-electron chi connectivity index (χ0n) is 14.8. The second-order valence-corrected chi connectivity index (χ2v) is 11.0. The fourth-order valence-electron chi connectivity index (χ4n) is 6.72. The summed E-state index contributed by atoms with van der Waals surface area (Å²) in [5.41, 5.74) is 0. The molecule has 7 aliphatic rings. The lowest BCUT2D eigenvalue weighted by atomic mass is 9.74. The van der Waals surface area contributed by atoms with E-state index in [2.05, 4.69) is 24.3 Å². The molecule has 0 aromatic carbocycles. The Morgan fingerprint density at radius 2 is 0.750 bits per heavy atom. The van der Waals surface area contributed by atoms with Crippen molar-refractivity contribution in [3.05, 3.63) is 43.9 Å². The Morgan fingerprint density at radius 3 is 1.00 bits per heavy atom. The molecule has 6 aliphatic carbocycles. The van der Waals surface area contributed by atoms with Gasteiger partial charge in [0.2, 0.25) is 0 Å². The minimum Gasteiger partial charge on any atom is -0.293 e. The summed E-state index contributed by atoms with van der Waals surface area (Å²) >= 11 is 2.25. The average Bonchev–Trinajstić information content (AvgIpc) is 3.48. The maximum absolute atomic E-state index is 13.3. The van der Waals surface area contributed by atoms with Gasteiger partial charge in [0.15, 0.2) is 23.1 Å². The molecule has 28 heavy (non-hydrogen) atoms. The summed E-state index contributed by atoms with van der Waals surface area (Å²) in [4.78, 5) is 54.8. The van der Waals surface area contributed by atoms with Crippen LogP contribution in [-0.2, 0) is 19.2 Å². The number of allylic oxidation sites excluding steroid dienone is 8. The Balaban J connectivity index is 1.31. The molecule has 0 spiro atoms. The summed E-state index contributed by atoms with van der Waals surface area (Å²) < 4.78 is 0. The molecule has 2 saturated carbocycles. The summed E-state index contributed by atoms with van der Waals surface area (Å²) in [6.45, 7) is 0. The van der Waals surface area contributed by atoms with Crippen molar-refractivity contribution >= 4 is 46.7 Å². The fourth-order valence-corrected chi connectivity index (χ4v) is 9.35. The van der Waals surface area contributed by atoms with E-state index in [0.717, 1.165) is 36.4 Å². The van der Waals surface area contributed by atoms with Crippen molar-refractivity contribution in [2.45, 2.75) is 12.8 Å². The minimum absolute atomic E-state index is 0.00992. The van der Waals surface area contributed by atoms with Crippen molar-refractivity contribution in [3.63, 3.8) is 0 Å². The van der Waals surface area contributed by atoms with E-state index in [-0.39, 0.29) is 70.5 Å². The van der Waals surface area contributed by atoms with Gasteiger partial charge in [0.25, 0.3) is 0 Å². The third kappa shape index (κ3) is 1.70. The van der Waals surface area contributed by atoms with Crippen LogP contribution in [-0.4, -0.2) is 23.1 Å². The lowest BCUT2D eigenvalue weighted by Crippen LogP contribution is -2.43. The van der Waals surface area contributed by atoms with Gasteiger partial charge in [-0.1, -0.05) is 47.8 Å². The third-order valence-electron chi connectivity index (χ3n) is 7.85. The second-order valence-electron chi connectivity index (χ2n) is 8.98. The number of Topliss-reactive ketones (excluding diaryl/α,β-unsaturated/α-hetero) is 4. The third-order valence-corrected chi connectivity index (χ3v) is 10.5. The van der Waals surface area contributed by atoms with Gasteiger partial charge in [-0.2, -0.15) is 0 Å². The van der Waals surface area contributed by atoms with Crippen LogP contribution in [0, 0.1) is 47.3 Å². The van der Waals surface area contributed by atoms with Crippen LogP contribution in [0.25, 0.3) is 0 Å². The highest BCUT2D eigenvalue weighted by molar-refractivity contribution is 8.15. The number of thioether (sulfide) groups is 2. The molecule has 4 unspecified atom stereocenters. The zero-order chi connectivity index (χ0) is 18.9. The van der Waals surface area contributed by atoms with Gasteiger partial charge in [-0.3, -0.25) is 19.2 Å². The van der Waals surface area contributed by atoms with E-state index in [4.69, 9.17) is 0 Å². The van der Waals surface area contributed by atoms with Crippen LogP contribution in [0.3, 0.4) is 0 Å². The number of hydrogen-bond donors (Lipinski definition) is 0. The molecule has 0 radical (unpaired) electrons. The number of fused-ring (bicyclic) bond motifs is 10. The molecule has 4 nitrogen and oxygen atoms in total. The van der Waals surface area contributed by atoms with E-state index in [0.29, 0.717) is 19.6 Å². The largest absolute Gasteiger partial charge is 0.293 e. The van der Waals surface area contributed by atoms with Gasteiger partial charge in [0.1, 0.15) is 0 Å². The molecule has 6 heteroatoms. The summed E-state index contributed by atoms with van der Waals surface area (Å²) in [5.74, 6) is -0.481. The van der Waals surface area contributed by atoms with Gasteiger partial charge in [-0.05, 0) is 36.5 Å².